The first-order valence-electron chi connectivity index (χ1n) is 8.32. The molecule has 1 saturated carbocycles. The third-order valence-electron chi connectivity index (χ3n) is 4.63. The molecule has 1 fully saturated rings. The third-order valence-corrected chi connectivity index (χ3v) is 4.63. The number of oxazole rings is 1. The summed E-state index contributed by atoms with van der Waals surface area (Å²) in [6.45, 7) is 6.52. The summed E-state index contributed by atoms with van der Waals surface area (Å²) in [4.78, 5) is 4.59. The Bertz CT molecular complexity index is 602. The standard InChI is InChI=1S/C18H26N2O/c1-4-13-6-5-7-14(10-13)19-15-8-9-17-16(11-15)20-18(21-17)12(2)3/h8-9,11-14,19H,4-7,10H2,1-3H3. The molecular weight excluding hydrogens is 260 g/mol. The number of rotatable bonds is 4. The summed E-state index contributed by atoms with van der Waals surface area (Å²) in [5.74, 6) is 2.04. The lowest BCUT2D eigenvalue weighted by atomic mass is 9.84. The van der Waals surface area contributed by atoms with Gasteiger partial charge in [0.1, 0.15) is 5.52 Å². The second-order valence-corrected chi connectivity index (χ2v) is 6.67. The Morgan fingerprint density at radius 3 is 2.95 bits per heavy atom. The topological polar surface area (TPSA) is 38.1 Å². The highest BCUT2D eigenvalue weighted by molar-refractivity contribution is 5.77. The first-order valence-corrected chi connectivity index (χ1v) is 8.32. The van der Waals surface area contributed by atoms with Crippen molar-refractivity contribution in [3.05, 3.63) is 24.1 Å². The minimum absolute atomic E-state index is 0.331. The smallest absolute Gasteiger partial charge is 0.198 e. The molecule has 0 aliphatic heterocycles. The van der Waals surface area contributed by atoms with Gasteiger partial charge in [-0.2, -0.15) is 0 Å². The van der Waals surface area contributed by atoms with Gasteiger partial charge in [-0.15, -0.1) is 0 Å². The predicted molar refractivity (Wildman–Crippen MR) is 87.8 cm³/mol. The molecule has 0 radical (unpaired) electrons. The molecule has 1 aromatic carbocycles. The lowest BCUT2D eigenvalue weighted by Crippen LogP contribution is -2.26. The molecule has 1 aliphatic carbocycles. The van der Waals surface area contributed by atoms with Gasteiger partial charge < -0.3 is 9.73 Å². The monoisotopic (exact) mass is 286 g/mol. The van der Waals surface area contributed by atoms with E-state index in [-0.39, 0.29) is 0 Å². The van der Waals surface area contributed by atoms with Gasteiger partial charge in [0.25, 0.3) is 0 Å². The fourth-order valence-corrected chi connectivity index (χ4v) is 3.31. The van der Waals surface area contributed by atoms with Crippen LogP contribution in [0.15, 0.2) is 22.6 Å². The fraction of sp³-hybridized carbons (Fsp3) is 0.611. The summed E-state index contributed by atoms with van der Waals surface area (Å²) in [6, 6.07) is 6.89. The molecule has 1 aromatic heterocycles. The molecule has 2 unspecified atom stereocenters. The van der Waals surface area contributed by atoms with E-state index in [1.807, 2.05) is 6.07 Å². The predicted octanol–water partition coefficient (Wildman–Crippen LogP) is 5.33. The first kappa shape index (κ1) is 14.4. The molecule has 21 heavy (non-hydrogen) atoms. The molecule has 0 amide bonds. The Morgan fingerprint density at radius 2 is 2.19 bits per heavy atom. The maximum Gasteiger partial charge on any atom is 0.198 e. The van der Waals surface area contributed by atoms with Crippen LogP contribution in [0.5, 0.6) is 0 Å². The lowest BCUT2D eigenvalue weighted by Gasteiger charge is -2.29. The number of hydrogen-bond acceptors (Lipinski definition) is 3. The summed E-state index contributed by atoms with van der Waals surface area (Å²) in [5.41, 5.74) is 3.03. The summed E-state index contributed by atoms with van der Waals surface area (Å²) < 4.78 is 5.77. The molecule has 0 saturated heterocycles. The first-order chi connectivity index (χ1) is 10.2. The Balaban J connectivity index is 1.74. The van der Waals surface area contributed by atoms with Crippen LogP contribution in [0.1, 0.15) is 64.7 Å². The zero-order valence-electron chi connectivity index (χ0n) is 13.4. The zero-order chi connectivity index (χ0) is 14.8. The van der Waals surface area contributed by atoms with Crippen LogP contribution in [0.2, 0.25) is 0 Å². The third kappa shape index (κ3) is 3.22. The van der Waals surface area contributed by atoms with Gasteiger partial charge in [0.05, 0.1) is 0 Å². The largest absolute Gasteiger partial charge is 0.440 e. The molecule has 114 valence electrons. The molecule has 1 aliphatic rings. The molecular formula is C18H26N2O. The van der Waals surface area contributed by atoms with Gasteiger partial charge in [-0.25, -0.2) is 4.98 Å². The van der Waals surface area contributed by atoms with E-state index in [1.54, 1.807) is 0 Å². The number of nitrogens with one attached hydrogen (secondary N) is 1. The average molecular weight is 286 g/mol. The van der Waals surface area contributed by atoms with Crippen molar-refractivity contribution in [2.75, 3.05) is 5.32 Å². The van der Waals surface area contributed by atoms with E-state index in [0.29, 0.717) is 12.0 Å². The van der Waals surface area contributed by atoms with Gasteiger partial charge in [0.2, 0.25) is 0 Å². The van der Waals surface area contributed by atoms with Gasteiger partial charge in [-0.1, -0.05) is 40.0 Å². The summed E-state index contributed by atoms with van der Waals surface area (Å²) in [6.07, 6.45) is 6.63. The molecule has 1 N–H and O–H groups in total. The van der Waals surface area contributed by atoms with Crippen LogP contribution >= 0.6 is 0 Å². The number of fused-ring (bicyclic) bond motifs is 1. The number of nitrogens with zero attached hydrogens (tertiary/aromatic N) is 1. The molecule has 0 bridgehead atoms. The van der Waals surface area contributed by atoms with E-state index in [2.05, 4.69) is 43.2 Å². The minimum Gasteiger partial charge on any atom is -0.440 e. The molecule has 3 rings (SSSR count). The molecule has 3 nitrogen and oxygen atoms in total. The highest BCUT2D eigenvalue weighted by Crippen LogP contribution is 2.30. The van der Waals surface area contributed by atoms with Gasteiger partial charge in [-0.3, -0.25) is 0 Å². The highest BCUT2D eigenvalue weighted by atomic mass is 16.3. The van der Waals surface area contributed by atoms with Crippen LogP contribution in [-0.2, 0) is 0 Å². The van der Waals surface area contributed by atoms with Crippen molar-refractivity contribution in [2.45, 2.75) is 64.8 Å². The highest BCUT2D eigenvalue weighted by Gasteiger charge is 2.20. The van der Waals surface area contributed by atoms with Crippen LogP contribution in [0.25, 0.3) is 11.1 Å². The second-order valence-electron chi connectivity index (χ2n) is 6.67. The summed E-state index contributed by atoms with van der Waals surface area (Å²) in [7, 11) is 0. The van der Waals surface area contributed by atoms with Crippen molar-refractivity contribution in [3.8, 4) is 0 Å². The Morgan fingerprint density at radius 1 is 1.33 bits per heavy atom. The van der Waals surface area contributed by atoms with Crippen molar-refractivity contribution < 1.29 is 4.42 Å². The zero-order valence-corrected chi connectivity index (χ0v) is 13.4. The van der Waals surface area contributed by atoms with E-state index >= 15 is 0 Å². The number of hydrogen-bond donors (Lipinski definition) is 1. The quantitative estimate of drug-likeness (QED) is 0.825. The summed E-state index contributed by atoms with van der Waals surface area (Å²) >= 11 is 0. The van der Waals surface area contributed by atoms with E-state index in [0.717, 1.165) is 22.9 Å². The van der Waals surface area contributed by atoms with E-state index < -0.39 is 0 Å². The lowest BCUT2D eigenvalue weighted by molar-refractivity contribution is 0.327. The second kappa shape index (κ2) is 6.08. The fourth-order valence-electron chi connectivity index (χ4n) is 3.31. The molecule has 3 heteroatoms. The van der Waals surface area contributed by atoms with Crippen LogP contribution in [0, 0.1) is 5.92 Å². The van der Waals surface area contributed by atoms with Gasteiger partial charge in [-0.05, 0) is 37.0 Å². The summed E-state index contributed by atoms with van der Waals surface area (Å²) in [5, 5.41) is 3.69. The van der Waals surface area contributed by atoms with Gasteiger partial charge in [0.15, 0.2) is 11.5 Å². The normalized spacial score (nSPS) is 22.9. The SMILES string of the molecule is CCC1CCCC(Nc2ccc3oc(C(C)C)nc3c2)C1. The van der Waals surface area contributed by atoms with Crippen molar-refractivity contribution in [1.82, 2.24) is 4.98 Å². The number of aromatic nitrogens is 1. The molecule has 2 aromatic rings. The Labute approximate surface area is 127 Å². The molecule has 0 spiro atoms. The van der Waals surface area contributed by atoms with Crippen molar-refractivity contribution in [2.24, 2.45) is 5.92 Å². The van der Waals surface area contributed by atoms with Crippen LogP contribution < -0.4 is 5.32 Å². The van der Waals surface area contributed by atoms with E-state index in [1.165, 1.54) is 37.8 Å². The minimum atomic E-state index is 0.331. The van der Waals surface area contributed by atoms with Crippen LogP contribution in [0.4, 0.5) is 5.69 Å². The number of benzene rings is 1. The van der Waals surface area contributed by atoms with E-state index in [9.17, 15) is 0 Å². The average Bonchev–Trinajstić information content (AvgIpc) is 2.91. The van der Waals surface area contributed by atoms with Gasteiger partial charge >= 0.3 is 0 Å². The molecule has 1 heterocycles. The Hall–Kier alpha value is -1.51. The van der Waals surface area contributed by atoms with Crippen LogP contribution in [0.3, 0.4) is 0 Å². The van der Waals surface area contributed by atoms with Crippen molar-refractivity contribution in [1.29, 1.82) is 0 Å². The van der Waals surface area contributed by atoms with Gasteiger partial charge in [0, 0.05) is 17.6 Å². The van der Waals surface area contributed by atoms with Crippen LogP contribution in [-0.4, -0.2) is 11.0 Å². The number of anilines is 1. The molecule has 2 atom stereocenters. The van der Waals surface area contributed by atoms with Crippen molar-refractivity contribution >= 4 is 16.8 Å². The maximum atomic E-state index is 5.77. The maximum absolute atomic E-state index is 5.77. The van der Waals surface area contributed by atoms with E-state index in [4.69, 9.17) is 4.42 Å². The Kier molecular flexibility index (Phi) is 4.18. The van der Waals surface area contributed by atoms with Crippen molar-refractivity contribution in [3.63, 3.8) is 0 Å².